The summed E-state index contributed by atoms with van der Waals surface area (Å²) in [5, 5.41) is 0.270. The predicted molar refractivity (Wildman–Crippen MR) is 72.0 cm³/mol. The van der Waals surface area contributed by atoms with Gasteiger partial charge in [0, 0.05) is 6.42 Å². The molecule has 0 N–H and O–H groups in total. The second-order valence-corrected chi connectivity index (χ2v) is 4.42. The van der Waals surface area contributed by atoms with Crippen LogP contribution in [0.5, 0.6) is 5.75 Å². The number of unbranched alkanes of at least 4 members (excludes halogenated alkanes) is 2. The zero-order valence-corrected chi connectivity index (χ0v) is 11.7. The van der Waals surface area contributed by atoms with Gasteiger partial charge < -0.3 is 9.47 Å². The van der Waals surface area contributed by atoms with Crippen LogP contribution in [-0.4, -0.2) is 19.2 Å². The molecule has 3 nitrogen and oxygen atoms in total. The molecule has 0 saturated carbocycles. The minimum atomic E-state index is -0.459. The number of ether oxygens (including phenoxy) is 2. The van der Waals surface area contributed by atoms with Crippen LogP contribution in [0.4, 0.5) is 4.39 Å². The maximum absolute atomic E-state index is 13.3. The van der Waals surface area contributed by atoms with Crippen LogP contribution in [0.2, 0.25) is 5.02 Å². The maximum atomic E-state index is 13.3. The largest absolute Gasteiger partial charge is 0.489 e. The Hall–Kier alpha value is -1.29. The molecule has 106 valence electrons. The first kappa shape index (κ1) is 15.8. The van der Waals surface area contributed by atoms with Crippen LogP contribution in [0.25, 0.3) is 0 Å². The highest BCUT2D eigenvalue weighted by Gasteiger charge is 2.07. The summed E-state index contributed by atoms with van der Waals surface area (Å²) >= 11 is 5.82. The van der Waals surface area contributed by atoms with Gasteiger partial charge in [0.25, 0.3) is 0 Å². The summed E-state index contributed by atoms with van der Waals surface area (Å²) in [6.07, 6.45) is 2.72. The molecule has 0 spiro atoms. The molecule has 0 fully saturated rings. The van der Waals surface area contributed by atoms with Crippen LogP contribution in [0, 0.1) is 5.82 Å². The van der Waals surface area contributed by atoms with Gasteiger partial charge >= 0.3 is 5.97 Å². The molecule has 0 amide bonds. The summed E-state index contributed by atoms with van der Waals surface area (Å²) in [6.45, 7) is 2.57. The van der Waals surface area contributed by atoms with Crippen molar-refractivity contribution in [3.05, 3.63) is 29.0 Å². The quantitative estimate of drug-likeness (QED) is 0.536. The van der Waals surface area contributed by atoms with E-state index in [9.17, 15) is 9.18 Å². The minimum absolute atomic E-state index is 0.0922. The lowest BCUT2D eigenvalue weighted by Crippen LogP contribution is -2.04. The van der Waals surface area contributed by atoms with E-state index in [2.05, 4.69) is 0 Å². The normalized spacial score (nSPS) is 10.3. The van der Waals surface area contributed by atoms with E-state index in [-0.39, 0.29) is 16.7 Å². The summed E-state index contributed by atoms with van der Waals surface area (Å²) in [5.74, 6) is -0.547. The summed E-state index contributed by atoms with van der Waals surface area (Å²) in [4.78, 5) is 11.1. The summed E-state index contributed by atoms with van der Waals surface area (Å²) in [5.41, 5.74) is 0. The Bertz CT molecular complexity index is 389. The molecule has 1 rings (SSSR count). The monoisotopic (exact) mass is 288 g/mol. The van der Waals surface area contributed by atoms with Crippen LogP contribution in [0.1, 0.15) is 32.6 Å². The van der Waals surface area contributed by atoms with Gasteiger partial charge in [0.15, 0.2) is 11.6 Å². The number of esters is 1. The second-order valence-electron chi connectivity index (χ2n) is 4.01. The van der Waals surface area contributed by atoms with Crippen molar-refractivity contribution >= 4 is 17.6 Å². The number of carbonyl (C=O) groups is 1. The van der Waals surface area contributed by atoms with Crippen molar-refractivity contribution in [2.24, 2.45) is 0 Å². The highest BCUT2D eigenvalue weighted by Crippen LogP contribution is 2.27. The Labute approximate surface area is 117 Å². The molecule has 0 bridgehead atoms. The Balaban J connectivity index is 2.16. The Morgan fingerprint density at radius 1 is 1.32 bits per heavy atom. The predicted octanol–water partition coefficient (Wildman–Crippen LogP) is 3.98. The highest BCUT2D eigenvalue weighted by atomic mass is 35.5. The third kappa shape index (κ3) is 5.92. The van der Waals surface area contributed by atoms with Crippen LogP contribution < -0.4 is 4.74 Å². The molecule has 0 heterocycles. The summed E-state index contributed by atoms with van der Waals surface area (Å²) in [7, 11) is 0. The van der Waals surface area contributed by atoms with Gasteiger partial charge in [0.1, 0.15) is 0 Å². The zero-order valence-electron chi connectivity index (χ0n) is 11.0. The molecule has 0 aromatic heterocycles. The molecule has 0 aliphatic heterocycles. The second kappa shape index (κ2) is 8.75. The lowest BCUT2D eigenvalue weighted by atomic mass is 10.2. The molecular weight excluding hydrogens is 271 g/mol. The summed E-state index contributed by atoms with van der Waals surface area (Å²) < 4.78 is 23.5. The minimum Gasteiger partial charge on any atom is -0.489 e. The molecule has 1 aromatic rings. The van der Waals surface area contributed by atoms with Crippen molar-refractivity contribution in [2.75, 3.05) is 13.2 Å². The van der Waals surface area contributed by atoms with E-state index >= 15 is 0 Å². The lowest BCUT2D eigenvalue weighted by molar-refractivity contribution is -0.143. The van der Waals surface area contributed by atoms with E-state index in [0.717, 1.165) is 19.3 Å². The van der Waals surface area contributed by atoms with E-state index in [1.54, 1.807) is 13.0 Å². The summed E-state index contributed by atoms with van der Waals surface area (Å²) in [6, 6.07) is 4.42. The third-order valence-corrected chi connectivity index (χ3v) is 2.79. The van der Waals surface area contributed by atoms with Crippen molar-refractivity contribution in [3.8, 4) is 5.75 Å². The van der Waals surface area contributed by atoms with E-state index in [1.165, 1.54) is 12.1 Å². The SMILES string of the molecule is CCOC(=O)CCCCCOc1c(F)cccc1Cl. The van der Waals surface area contributed by atoms with E-state index in [4.69, 9.17) is 21.1 Å². The van der Waals surface area contributed by atoms with Crippen molar-refractivity contribution in [2.45, 2.75) is 32.6 Å². The molecule has 0 aliphatic rings. The average molecular weight is 289 g/mol. The maximum Gasteiger partial charge on any atom is 0.305 e. The van der Waals surface area contributed by atoms with Gasteiger partial charge in [0.2, 0.25) is 0 Å². The van der Waals surface area contributed by atoms with E-state index in [1.807, 2.05) is 0 Å². The fraction of sp³-hybridized carbons (Fsp3) is 0.500. The van der Waals surface area contributed by atoms with Crippen LogP contribution in [0.15, 0.2) is 18.2 Å². The van der Waals surface area contributed by atoms with Crippen LogP contribution in [-0.2, 0) is 9.53 Å². The molecule has 0 aliphatic carbocycles. The third-order valence-electron chi connectivity index (χ3n) is 2.50. The van der Waals surface area contributed by atoms with Crippen LogP contribution in [0.3, 0.4) is 0 Å². The zero-order chi connectivity index (χ0) is 14.1. The van der Waals surface area contributed by atoms with Gasteiger partial charge in [-0.3, -0.25) is 4.79 Å². The highest BCUT2D eigenvalue weighted by molar-refractivity contribution is 6.32. The number of para-hydroxylation sites is 1. The van der Waals surface area contributed by atoms with Gasteiger partial charge in [-0.15, -0.1) is 0 Å². The first-order valence-electron chi connectivity index (χ1n) is 6.37. The van der Waals surface area contributed by atoms with Gasteiger partial charge in [-0.1, -0.05) is 17.7 Å². The van der Waals surface area contributed by atoms with E-state index < -0.39 is 5.82 Å². The number of carbonyl (C=O) groups excluding carboxylic acids is 1. The molecule has 0 atom stereocenters. The number of halogens is 2. The fourth-order valence-corrected chi connectivity index (χ4v) is 1.79. The van der Waals surface area contributed by atoms with Gasteiger partial charge in [0.05, 0.1) is 18.2 Å². The number of hydrogen-bond acceptors (Lipinski definition) is 3. The van der Waals surface area contributed by atoms with E-state index in [0.29, 0.717) is 19.6 Å². The Morgan fingerprint density at radius 2 is 2.11 bits per heavy atom. The van der Waals surface area contributed by atoms with Gasteiger partial charge in [-0.2, -0.15) is 0 Å². The molecular formula is C14H18ClFO3. The molecule has 1 aromatic carbocycles. The first-order valence-corrected chi connectivity index (χ1v) is 6.75. The molecule has 0 radical (unpaired) electrons. The molecule has 0 saturated heterocycles. The van der Waals surface area contributed by atoms with Crippen molar-refractivity contribution in [1.82, 2.24) is 0 Å². The van der Waals surface area contributed by atoms with Gasteiger partial charge in [-0.25, -0.2) is 4.39 Å². The number of benzene rings is 1. The standard InChI is InChI=1S/C14H18ClFO3/c1-2-18-13(17)9-4-3-5-10-19-14-11(15)7-6-8-12(14)16/h6-8H,2-5,9-10H2,1H3. The van der Waals surface area contributed by atoms with Crippen molar-refractivity contribution in [1.29, 1.82) is 0 Å². The fourth-order valence-electron chi connectivity index (χ4n) is 1.58. The Morgan fingerprint density at radius 3 is 2.79 bits per heavy atom. The average Bonchev–Trinajstić information content (AvgIpc) is 2.36. The molecule has 5 heteroatoms. The number of rotatable bonds is 8. The van der Waals surface area contributed by atoms with Crippen molar-refractivity contribution in [3.63, 3.8) is 0 Å². The van der Waals surface area contributed by atoms with Crippen LogP contribution >= 0.6 is 11.6 Å². The van der Waals surface area contributed by atoms with Crippen molar-refractivity contribution < 1.29 is 18.7 Å². The number of hydrogen-bond donors (Lipinski definition) is 0. The van der Waals surface area contributed by atoms with Gasteiger partial charge in [-0.05, 0) is 38.3 Å². The first-order chi connectivity index (χ1) is 9.15. The molecule has 0 unspecified atom stereocenters. The smallest absolute Gasteiger partial charge is 0.305 e. The Kier molecular flexibility index (Phi) is 7.26. The molecule has 19 heavy (non-hydrogen) atoms. The lowest BCUT2D eigenvalue weighted by Gasteiger charge is -2.08. The topological polar surface area (TPSA) is 35.5 Å².